The maximum Gasteiger partial charge on any atom is 0.137 e. The Morgan fingerprint density at radius 2 is 2.00 bits per heavy atom. The lowest BCUT2D eigenvalue weighted by atomic mass is 9.84. The van der Waals surface area contributed by atoms with Crippen LogP contribution in [0.15, 0.2) is 18.2 Å². The van der Waals surface area contributed by atoms with Crippen LogP contribution in [0.4, 0.5) is 0 Å². The first-order chi connectivity index (χ1) is 9.78. The number of carbonyl (C=O) groups excluding carboxylic acids is 1. The normalized spacial score (nSPS) is 30.7. The van der Waals surface area contributed by atoms with Crippen molar-refractivity contribution in [2.45, 2.75) is 57.8 Å². The minimum Gasteiger partial charge on any atom is -0.299 e. The van der Waals surface area contributed by atoms with Crippen LogP contribution in [0.1, 0.15) is 55.2 Å². The second-order valence-corrected chi connectivity index (χ2v) is 7.31. The Balaban J connectivity index is 1.38. The van der Waals surface area contributed by atoms with E-state index in [0.717, 1.165) is 24.2 Å². The second-order valence-electron chi connectivity index (χ2n) is 7.31. The smallest absolute Gasteiger partial charge is 0.137 e. The highest BCUT2D eigenvalue weighted by atomic mass is 16.1. The average molecular weight is 268 g/mol. The fraction of sp³-hybridized carbons (Fsp3) is 0.632. The standard InChI is InChI=1S/C19H24O/c20-19(12-18-10-13-5-7-17(18)8-13)11-14-4-6-15-2-1-3-16(15)9-14/h4,6,9,13,17-18H,1-3,5,7-8,10-12H2. The maximum atomic E-state index is 12.3. The summed E-state index contributed by atoms with van der Waals surface area (Å²) < 4.78 is 0. The molecule has 1 aromatic rings. The van der Waals surface area contributed by atoms with E-state index in [1.165, 1.54) is 61.6 Å². The number of benzene rings is 1. The van der Waals surface area contributed by atoms with Crippen LogP contribution in [0.3, 0.4) is 0 Å². The lowest BCUT2D eigenvalue weighted by Gasteiger charge is -2.20. The lowest BCUT2D eigenvalue weighted by molar-refractivity contribution is -0.119. The molecule has 3 atom stereocenters. The van der Waals surface area contributed by atoms with Crippen molar-refractivity contribution in [3.8, 4) is 0 Å². The Morgan fingerprint density at radius 1 is 1.10 bits per heavy atom. The van der Waals surface area contributed by atoms with Crippen LogP contribution < -0.4 is 0 Å². The molecule has 2 bridgehead atoms. The molecule has 1 heteroatoms. The number of fused-ring (bicyclic) bond motifs is 3. The SMILES string of the molecule is O=C(Cc1ccc2c(c1)CCC2)CC1CC2CCC1C2. The Labute approximate surface area is 121 Å². The maximum absolute atomic E-state index is 12.3. The third kappa shape index (κ3) is 2.32. The van der Waals surface area contributed by atoms with Crippen molar-refractivity contribution in [2.24, 2.45) is 17.8 Å². The van der Waals surface area contributed by atoms with Gasteiger partial charge in [0.25, 0.3) is 0 Å². The quantitative estimate of drug-likeness (QED) is 0.803. The summed E-state index contributed by atoms with van der Waals surface area (Å²) in [6, 6.07) is 6.73. The summed E-state index contributed by atoms with van der Waals surface area (Å²) in [6.45, 7) is 0. The van der Waals surface area contributed by atoms with E-state index in [9.17, 15) is 4.79 Å². The van der Waals surface area contributed by atoms with Crippen molar-refractivity contribution in [3.63, 3.8) is 0 Å². The zero-order valence-electron chi connectivity index (χ0n) is 12.2. The molecular weight excluding hydrogens is 244 g/mol. The van der Waals surface area contributed by atoms with Gasteiger partial charge in [0.05, 0.1) is 0 Å². The van der Waals surface area contributed by atoms with E-state index in [1.807, 2.05) is 0 Å². The van der Waals surface area contributed by atoms with Gasteiger partial charge in [-0.25, -0.2) is 0 Å². The Bertz CT molecular complexity index is 531. The third-order valence-corrected chi connectivity index (χ3v) is 5.94. The van der Waals surface area contributed by atoms with Crippen LogP contribution in [-0.4, -0.2) is 5.78 Å². The highest BCUT2D eigenvalue weighted by molar-refractivity contribution is 5.81. The van der Waals surface area contributed by atoms with Crippen LogP contribution >= 0.6 is 0 Å². The van der Waals surface area contributed by atoms with Gasteiger partial charge in [0, 0.05) is 12.8 Å². The van der Waals surface area contributed by atoms with Crippen LogP contribution in [0, 0.1) is 17.8 Å². The zero-order chi connectivity index (χ0) is 13.5. The molecule has 0 radical (unpaired) electrons. The van der Waals surface area contributed by atoms with Crippen LogP contribution in [0.25, 0.3) is 0 Å². The van der Waals surface area contributed by atoms with Gasteiger partial charge in [0.2, 0.25) is 0 Å². The van der Waals surface area contributed by atoms with E-state index in [4.69, 9.17) is 0 Å². The summed E-state index contributed by atoms with van der Waals surface area (Å²) in [5, 5.41) is 0. The highest BCUT2D eigenvalue weighted by Crippen LogP contribution is 2.49. The number of Topliss-reactive ketones (excluding diaryl/α,β-unsaturated/α-hetero) is 1. The zero-order valence-corrected chi connectivity index (χ0v) is 12.2. The summed E-state index contributed by atoms with van der Waals surface area (Å²) in [5.74, 6) is 3.03. The molecule has 3 aliphatic carbocycles. The molecule has 0 amide bonds. The molecule has 4 rings (SSSR count). The Morgan fingerprint density at radius 3 is 2.80 bits per heavy atom. The van der Waals surface area contributed by atoms with Crippen molar-refractivity contribution in [1.29, 1.82) is 0 Å². The van der Waals surface area contributed by atoms with Crippen molar-refractivity contribution in [3.05, 3.63) is 34.9 Å². The monoisotopic (exact) mass is 268 g/mol. The van der Waals surface area contributed by atoms with Crippen molar-refractivity contribution in [2.75, 3.05) is 0 Å². The number of ketones is 1. The molecule has 0 N–H and O–H groups in total. The topological polar surface area (TPSA) is 17.1 Å². The van der Waals surface area contributed by atoms with E-state index < -0.39 is 0 Å². The van der Waals surface area contributed by atoms with E-state index in [1.54, 1.807) is 0 Å². The Kier molecular flexibility index (Phi) is 3.17. The number of carbonyl (C=O) groups is 1. The molecule has 0 aliphatic heterocycles. The van der Waals surface area contributed by atoms with Gasteiger partial charge in [0.1, 0.15) is 5.78 Å². The van der Waals surface area contributed by atoms with Gasteiger partial charge >= 0.3 is 0 Å². The average Bonchev–Trinajstić information content (AvgIpc) is 3.13. The van der Waals surface area contributed by atoms with E-state index in [-0.39, 0.29) is 0 Å². The summed E-state index contributed by atoms with van der Waals surface area (Å²) >= 11 is 0. The number of rotatable bonds is 4. The molecule has 0 saturated heterocycles. The van der Waals surface area contributed by atoms with Gasteiger partial charge in [0.15, 0.2) is 0 Å². The first kappa shape index (κ1) is 12.6. The summed E-state index contributed by atoms with van der Waals surface area (Å²) in [5.41, 5.74) is 4.25. The van der Waals surface area contributed by atoms with E-state index in [2.05, 4.69) is 18.2 Å². The van der Waals surface area contributed by atoms with Gasteiger partial charge in [-0.3, -0.25) is 4.79 Å². The fourth-order valence-corrected chi connectivity index (χ4v) is 4.95. The number of hydrogen-bond donors (Lipinski definition) is 0. The summed E-state index contributed by atoms with van der Waals surface area (Å²) in [7, 11) is 0. The number of hydrogen-bond acceptors (Lipinski definition) is 1. The molecule has 3 unspecified atom stereocenters. The molecule has 0 spiro atoms. The fourth-order valence-electron chi connectivity index (χ4n) is 4.95. The molecule has 0 heterocycles. The lowest BCUT2D eigenvalue weighted by Crippen LogP contribution is -2.16. The molecule has 0 aromatic heterocycles. The van der Waals surface area contributed by atoms with Crippen molar-refractivity contribution in [1.82, 2.24) is 0 Å². The molecule has 1 aromatic carbocycles. The minimum atomic E-state index is 0.473. The molecule has 1 nitrogen and oxygen atoms in total. The van der Waals surface area contributed by atoms with E-state index >= 15 is 0 Å². The predicted molar refractivity (Wildman–Crippen MR) is 80.7 cm³/mol. The molecule has 20 heavy (non-hydrogen) atoms. The summed E-state index contributed by atoms with van der Waals surface area (Å²) in [6.07, 6.45) is 10.8. The molecule has 3 aliphatic rings. The van der Waals surface area contributed by atoms with Crippen LogP contribution in [0.2, 0.25) is 0 Å². The first-order valence-electron chi connectivity index (χ1n) is 8.40. The second kappa shape index (κ2) is 5.02. The number of aryl methyl sites for hydroxylation is 2. The minimum absolute atomic E-state index is 0.473. The third-order valence-electron chi connectivity index (χ3n) is 5.94. The molecule has 106 valence electrons. The van der Waals surface area contributed by atoms with Crippen molar-refractivity contribution >= 4 is 5.78 Å². The van der Waals surface area contributed by atoms with Gasteiger partial charge in [-0.15, -0.1) is 0 Å². The molecule has 2 fully saturated rings. The highest BCUT2D eigenvalue weighted by Gasteiger charge is 2.39. The van der Waals surface area contributed by atoms with Crippen molar-refractivity contribution < 1.29 is 4.79 Å². The van der Waals surface area contributed by atoms with Gasteiger partial charge in [-0.1, -0.05) is 24.6 Å². The van der Waals surface area contributed by atoms with Crippen LogP contribution in [0.5, 0.6) is 0 Å². The van der Waals surface area contributed by atoms with Gasteiger partial charge < -0.3 is 0 Å². The molecule has 2 saturated carbocycles. The first-order valence-corrected chi connectivity index (χ1v) is 8.40. The largest absolute Gasteiger partial charge is 0.299 e. The predicted octanol–water partition coefficient (Wildman–Crippen LogP) is 4.11. The Hall–Kier alpha value is -1.11. The molecular formula is C19H24O. The summed E-state index contributed by atoms with van der Waals surface area (Å²) in [4.78, 5) is 12.3. The van der Waals surface area contributed by atoms with E-state index in [0.29, 0.717) is 12.2 Å². The van der Waals surface area contributed by atoms with Gasteiger partial charge in [-0.05, 0) is 73.0 Å². The van der Waals surface area contributed by atoms with Crippen LogP contribution in [-0.2, 0) is 24.1 Å². The van der Waals surface area contributed by atoms with Gasteiger partial charge in [-0.2, -0.15) is 0 Å².